The summed E-state index contributed by atoms with van der Waals surface area (Å²) in [6.45, 7) is 11.7. The third-order valence-electron chi connectivity index (χ3n) is 1.84. The van der Waals surface area contributed by atoms with Crippen LogP contribution in [0, 0.1) is 0 Å². The number of carbonyl (C=O) groups excluding carboxylic acids is 3. The van der Waals surface area contributed by atoms with Crippen molar-refractivity contribution in [2.75, 3.05) is 6.61 Å². The van der Waals surface area contributed by atoms with E-state index in [9.17, 15) is 14.4 Å². The van der Waals surface area contributed by atoms with Gasteiger partial charge in [0, 0.05) is 0 Å². The van der Waals surface area contributed by atoms with E-state index < -0.39 is 35.5 Å². The van der Waals surface area contributed by atoms with Gasteiger partial charge in [-0.25, -0.2) is 14.4 Å². The Balaban J connectivity index is 4.80. The predicted octanol–water partition coefficient (Wildman–Crippen LogP) is 1.92. The molecule has 0 aliphatic carbocycles. The Bertz CT molecular complexity index is 379. The Hall–Kier alpha value is -1.99. The Morgan fingerprint density at radius 2 is 1.23 bits per heavy atom. The molecule has 0 aromatic carbocycles. The fraction of sp³-hybridized carbons (Fsp3) is 0.786. The average Bonchev–Trinajstić information content (AvgIpc) is 2.22. The maximum atomic E-state index is 11.8. The van der Waals surface area contributed by atoms with Gasteiger partial charge in [-0.1, -0.05) is 0 Å². The van der Waals surface area contributed by atoms with Gasteiger partial charge in [0.15, 0.2) is 0 Å². The van der Waals surface area contributed by atoms with Crippen molar-refractivity contribution >= 4 is 18.2 Å². The van der Waals surface area contributed by atoms with Crippen LogP contribution in [-0.2, 0) is 19.0 Å². The van der Waals surface area contributed by atoms with E-state index in [0.717, 1.165) is 0 Å². The molecular weight excluding hydrogens is 292 g/mol. The highest BCUT2D eigenvalue weighted by Gasteiger charge is 2.28. The Kier molecular flexibility index (Phi) is 7.15. The first-order chi connectivity index (χ1) is 9.84. The predicted molar refractivity (Wildman–Crippen MR) is 79.2 cm³/mol. The molecule has 0 heterocycles. The molecule has 128 valence electrons. The van der Waals surface area contributed by atoms with Crippen LogP contribution >= 0.6 is 0 Å². The number of amides is 2. The van der Waals surface area contributed by atoms with Gasteiger partial charge in [-0.05, 0) is 48.5 Å². The molecule has 2 amide bonds. The number of carbonyl (C=O) groups is 3. The van der Waals surface area contributed by atoms with E-state index in [0.29, 0.717) is 0 Å². The third-order valence-corrected chi connectivity index (χ3v) is 1.84. The van der Waals surface area contributed by atoms with Gasteiger partial charge < -0.3 is 14.2 Å². The van der Waals surface area contributed by atoms with E-state index in [1.54, 1.807) is 48.5 Å². The highest BCUT2D eigenvalue weighted by atomic mass is 16.6. The van der Waals surface area contributed by atoms with Gasteiger partial charge in [0.2, 0.25) is 6.17 Å². The SMILES string of the molecule is CCOC(=O)C(NC(=O)OC(C)(C)C)NC(=O)OC(C)(C)C. The minimum atomic E-state index is -1.40. The zero-order valence-electron chi connectivity index (χ0n) is 14.2. The van der Waals surface area contributed by atoms with Crippen molar-refractivity contribution in [3.05, 3.63) is 0 Å². The summed E-state index contributed by atoms with van der Waals surface area (Å²) in [5, 5.41) is 4.45. The first-order valence-corrected chi connectivity index (χ1v) is 6.99. The van der Waals surface area contributed by atoms with Crippen molar-refractivity contribution in [2.24, 2.45) is 0 Å². The number of nitrogens with one attached hydrogen (secondary N) is 2. The number of rotatable bonds is 4. The maximum Gasteiger partial charge on any atom is 0.409 e. The standard InChI is InChI=1S/C14H26N2O6/c1-8-20-10(17)9(15-11(18)21-13(2,3)4)16-12(19)22-14(5,6)7/h9H,8H2,1-7H3,(H,15,18)(H,16,19). The fourth-order valence-electron chi connectivity index (χ4n) is 1.23. The molecule has 0 aliphatic rings. The maximum absolute atomic E-state index is 11.8. The number of ether oxygens (including phenoxy) is 3. The third kappa shape index (κ3) is 9.84. The average molecular weight is 318 g/mol. The second-order valence-corrected chi connectivity index (χ2v) is 6.48. The number of hydrogen-bond acceptors (Lipinski definition) is 6. The first kappa shape index (κ1) is 20.0. The molecule has 0 aromatic rings. The van der Waals surface area contributed by atoms with Crippen LogP contribution < -0.4 is 10.6 Å². The molecule has 0 aromatic heterocycles. The number of hydrogen-bond donors (Lipinski definition) is 2. The van der Waals surface area contributed by atoms with Gasteiger partial charge in [-0.15, -0.1) is 0 Å². The monoisotopic (exact) mass is 318 g/mol. The molecule has 0 atom stereocenters. The molecule has 0 radical (unpaired) electrons. The van der Waals surface area contributed by atoms with Crippen LogP contribution in [0.25, 0.3) is 0 Å². The van der Waals surface area contributed by atoms with Crippen LogP contribution in [0.5, 0.6) is 0 Å². The van der Waals surface area contributed by atoms with Crippen molar-refractivity contribution in [3.8, 4) is 0 Å². The molecule has 8 nitrogen and oxygen atoms in total. The molecule has 22 heavy (non-hydrogen) atoms. The summed E-state index contributed by atoms with van der Waals surface area (Å²) in [4.78, 5) is 35.2. The lowest BCUT2D eigenvalue weighted by molar-refractivity contribution is -0.146. The minimum Gasteiger partial charge on any atom is -0.463 e. The second-order valence-electron chi connectivity index (χ2n) is 6.48. The van der Waals surface area contributed by atoms with Gasteiger partial charge in [-0.3, -0.25) is 10.6 Å². The van der Waals surface area contributed by atoms with Crippen molar-refractivity contribution in [3.63, 3.8) is 0 Å². The Morgan fingerprint density at radius 1 is 0.864 bits per heavy atom. The number of alkyl carbamates (subject to hydrolysis) is 2. The van der Waals surface area contributed by atoms with Gasteiger partial charge in [-0.2, -0.15) is 0 Å². The van der Waals surface area contributed by atoms with Crippen molar-refractivity contribution in [2.45, 2.75) is 65.8 Å². The van der Waals surface area contributed by atoms with Crippen LogP contribution in [0.2, 0.25) is 0 Å². The molecule has 0 saturated heterocycles. The Morgan fingerprint density at radius 3 is 1.50 bits per heavy atom. The number of esters is 1. The van der Waals surface area contributed by atoms with E-state index in [2.05, 4.69) is 10.6 Å². The van der Waals surface area contributed by atoms with E-state index in [4.69, 9.17) is 14.2 Å². The quantitative estimate of drug-likeness (QED) is 0.466. The molecule has 0 unspecified atom stereocenters. The molecule has 0 bridgehead atoms. The summed E-state index contributed by atoms with van der Waals surface area (Å²) in [6.07, 6.45) is -3.12. The van der Waals surface area contributed by atoms with Crippen LogP contribution in [0.15, 0.2) is 0 Å². The van der Waals surface area contributed by atoms with Crippen LogP contribution in [0.4, 0.5) is 9.59 Å². The van der Waals surface area contributed by atoms with E-state index in [1.165, 1.54) is 0 Å². The highest BCUT2D eigenvalue weighted by Crippen LogP contribution is 2.08. The summed E-state index contributed by atoms with van der Waals surface area (Å²) < 4.78 is 14.8. The Labute approximate surface area is 130 Å². The lowest BCUT2D eigenvalue weighted by Crippen LogP contribution is -2.55. The fourth-order valence-corrected chi connectivity index (χ4v) is 1.23. The second kappa shape index (κ2) is 7.86. The lowest BCUT2D eigenvalue weighted by atomic mass is 10.2. The molecule has 0 aliphatic heterocycles. The topological polar surface area (TPSA) is 103 Å². The van der Waals surface area contributed by atoms with Crippen LogP contribution in [0.3, 0.4) is 0 Å². The smallest absolute Gasteiger partial charge is 0.409 e. The first-order valence-electron chi connectivity index (χ1n) is 6.99. The van der Waals surface area contributed by atoms with E-state index >= 15 is 0 Å². The van der Waals surface area contributed by atoms with Crippen LogP contribution in [-0.4, -0.2) is 42.1 Å². The van der Waals surface area contributed by atoms with Gasteiger partial charge >= 0.3 is 18.2 Å². The van der Waals surface area contributed by atoms with E-state index in [1.807, 2.05) is 0 Å². The van der Waals surface area contributed by atoms with Crippen molar-refractivity contribution in [1.29, 1.82) is 0 Å². The highest BCUT2D eigenvalue weighted by molar-refractivity contribution is 5.84. The summed E-state index contributed by atoms with van der Waals surface area (Å²) >= 11 is 0. The largest absolute Gasteiger partial charge is 0.463 e. The lowest BCUT2D eigenvalue weighted by Gasteiger charge is -2.25. The van der Waals surface area contributed by atoms with Gasteiger partial charge in [0.05, 0.1) is 6.61 Å². The van der Waals surface area contributed by atoms with Crippen molar-refractivity contribution < 1.29 is 28.6 Å². The summed E-state index contributed by atoms with van der Waals surface area (Å²) in [5.41, 5.74) is -1.48. The normalized spacial score (nSPS) is 11.6. The summed E-state index contributed by atoms with van der Waals surface area (Å²) in [5.74, 6) is -0.820. The molecule has 8 heteroatoms. The zero-order chi connectivity index (χ0) is 17.6. The summed E-state index contributed by atoms with van der Waals surface area (Å²) in [7, 11) is 0. The van der Waals surface area contributed by atoms with Crippen molar-refractivity contribution in [1.82, 2.24) is 10.6 Å². The molecule has 2 N–H and O–H groups in total. The molecule has 0 spiro atoms. The molecule has 0 saturated carbocycles. The molecule has 0 rings (SSSR count). The van der Waals surface area contributed by atoms with Gasteiger partial charge in [0.1, 0.15) is 11.2 Å². The zero-order valence-corrected chi connectivity index (χ0v) is 14.2. The van der Waals surface area contributed by atoms with E-state index in [-0.39, 0.29) is 6.61 Å². The van der Waals surface area contributed by atoms with Crippen LogP contribution in [0.1, 0.15) is 48.5 Å². The minimum absolute atomic E-state index is 0.0985. The van der Waals surface area contributed by atoms with Gasteiger partial charge in [0.25, 0.3) is 0 Å². The molecular formula is C14H26N2O6. The summed E-state index contributed by atoms with van der Waals surface area (Å²) in [6, 6.07) is 0. The molecule has 0 fully saturated rings.